The fourth-order valence-electron chi connectivity index (χ4n) is 1.22. The van der Waals surface area contributed by atoms with Crippen molar-refractivity contribution < 1.29 is 4.79 Å². The minimum absolute atomic E-state index is 0.144. The summed E-state index contributed by atoms with van der Waals surface area (Å²) in [6, 6.07) is 5.97. The highest BCUT2D eigenvalue weighted by Gasteiger charge is 2.15. The van der Waals surface area contributed by atoms with E-state index in [0.717, 1.165) is 22.3 Å². The van der Waals surface area contributed by atoms with Crippen LogP contribution in [0.2, 0.25) is 0 Å². The lowest BCUT2D eigenvalue weighted by Crippen LogP contribution is -2.07. The molecule has 0 saturated carbocycles. The molecule has 1 aromatic rings. The summed E-state index contributed by atoms with van der Waals surface area (Å²) in [5.74, 6) is 0. The molecular formula is C12H16OS. The lowest BCUT2D eigenvalue weighted by Gasteiger charge is -2.19. The van der Waals surface area contributed by atoms with Gasteiger partial charge in [-0.25, -0.2) is 0 Å². The zero-order chi connectivity index (χ0) is 10.8. The van der Waals surface area contributed by atoms with E-state index in [2.05, 4.69) is 20.8 Å². The van der Waals surface area contributed by atoms with Gasteiger partial charge in [-0.2, -0.15) is 0 Å². The van der Waals surface area contributed by atoms with E-state index in [9.17, 15) is 4.79 Å². The van der Waals surface area contributed by atoms with Gasteiger partial charge in [-0.05, 0) is 18.6 Å². The molecule has 1 nitrogen and oxygen atoms in total. The van der Waals surface area contributed by atoms with Crippen LogP contribution < -0.4 is 0 Å². The van der Waals surface area contributed by atoms with Crippen molar-refractivity contribution in [3.8, 4) is 0 Å². The van der Waals surface area contributed by atoms with Crippen molar-refractivity contribution in [2.24, 2.45) is 0 Å². The first-order chi connectivity index (χ1) is 6.44. The zero-order valence-electron chi connectivity index (χ0n) is 9.13. The van der Waals surface area contributed by atoms with Crippen LogP contribution in [-0.2, 0) is 0 Å². The maximum atomic E-state index is 10.9. The number of thioether (sulfide) groups is 1. The summed E-state index contributed by atoms with van der Waals surface area (Å²) < 4.78 is 0.144. The molecule has 0 atom stereocenters. The summed E-state index contributed by atoms with van der Waals surface area (Å²) in [6.45, 7) is 8.41. The molecule has 0 spiro atoms. The number of benzene rings is 1. The van der Waals surface area contributed by atoms with E-state index in [4.69, 9.17) is 0 Å². The van der Waals surface area contributed by atoms with Crippen LogP contribution in [0.1, 0.15) is 36.7 Å². The van der Waals surface area contributed by atoms with Crippen LogP contribution in [0.15, 0.2) is 23.1 Å². The number of carbonyl (C=O) groups excluding carboxylic acids is 1. The molecular weight excluding hydrogens is 192 g/mol. The molecule has 0 aliphatic heterocycles. The van der Waals surface area contributed by atoms with E-state index in [0.29, 0.717) is 0 Å². The highest BCUT2D eigenvalue weighted by atomic mass is 32.2. The lowest BCUT2D eigenvalue weighted by atomic mass is 10.1. The monoisotopic (exact) mass is 208 g/mol. The summed E-state index contributed by atoms with van der Waals surface area (Å²) in [4.78, 5) is 12.0. The normalized spacial score (nSPS) is 11.4. The third-order valence-electron chi connectivity index (χ3n) is 1.82. The molecule has 0 amide bonds. The first-order valence-corrected chi connectivity index (χ1v) is 5.49. The van der Waals surface area contributed by atoms with Crippen molar-refractivity contribution in [3.05, 3.63) is 29.3 Å². The molecule has 0 N–H and O–H groups in total. The molecule has 0 saturated heterocycles. The van der Waals surface area contributed by atoms with Crippen molar-refractivity contribution in [1.29, 1.82) is 0 Å². The van der Waals surface area contributed by atoms with Crippen LogP contribution in [0.25, 0.3) is 0 Å². The van der Waals surface area contributed by atoms with Crippen molar-refractivity contribution in [2.75, 3.05) is 0 Å². The topological polar surface area (TPSA) is 17.1 Å². The maximum Gasteiger partial charge on any atom is 0.151 e. The number of aryl methyl sites for hydroxylation is 1. The summed E-state index contributed by atoms with van der Waals surface area (Å²) in [6.07, 6.45) is 0.948. The molecule has 0 aromatic heterocycles. The average Bonchev–Trinajstić information content (AvgIpc) is 2.01. The Bertz CT molecular complexity index is 337. The molecule has 0 aliphatic rings. The molecule has 1 rings (SSSR count). The SMILES string of the molecule is Cc1cccc(SC(C)(C)C)c1C=O. The van der Waals surface area contributed by atoms with Gasteiger partial charge in [-0.1, -0.05) is 32.9 Å². The third-order valence-corrected chi connectivity index (χ3v) is 3.01. The molecule has 0 heterocycles. The predicted octanol–water partition coefficient (Wildman–Crippen LogP) is 3.70. The molecule has 0 bridgehead atoms. The quantitative estimate of drug-likeness (QED) is 0.544. The van der Waals surface area contributed by atoms with Gasteiger partial charge < -0.3 is 0 Å². The number of hydrogen-bond acceptors (Lipinski definition) is 2. The number of hydrogen-bond donors (Lipinski definition) is 0. The smallest absolute Gasteiger partial charge is 0.151 e. The Morgan fingerprint density at radius 3 is 2.43 bits per heavy atom. The molecule has 0 fully saturated rings. The van der Waals surface area contributed by atoms with Gasteiger partial charge in [0.05, 0.1) is 0 Å². The molecule has 2 heteroatoms. The van der Waals surface area contributed by atoms with Gasteiger partial charge in [-0.15, -0.1) is 11.8 Å². The predicted molar refractivity (Wildman–Crippen MR) is 62.2 cm³/mol. The molecule has 14 heavy (non-hydrogen) atoms. The van der Waals surface area contributed by atoms with Crippen LogP contribution in [0.4, 0.5) is 0 Å². The van der Waals surface area contributed by atoms with Gasteiger partial charge in [-0.3, -0.25) is 4.79 Å². The fourth-order valence-corrected chi connectivity index (χ4v) is 2.35. The minimum Gasteiger partial charge on any atom is -0.298 e. The van der Waals surface area contributed by atoms with Gasteiger partial charge in [0.2, 0.25) is 0 Å². The van der Waals surface area contributed by atoms with E-state index in [1.165, 1.54) is 0 Å². The Kier molecular flexibility index (Phi) is 3.38. The number of carbonyl (C=O) groups is 1. The first kappa shape index (κ1) is 11.3. The molecule has 0 aliphatic carbocycles. The largest absolute Gasteiger partial charge is 0.298 e. The van der Waals surface area contributed by atoms with Crippen LogP contribution in [0, 0.1) is 6.92 Å². The fraction of sp³-hybridized carbons (Fsp3) is 0.417. The van der Waals surface area contributed by atoms with Gasteiger partial charge in [0.15, 0.2) is 6.29 Å². The zero-order valence-corrected chi connectivity index (χ0v) is 9.94. The van der Waals surface area contributed by atoms with Crippen LogP contribution in [-0.4, -0.2) is 11.0 Å². The number of rotatable bonds is 2. The van der Waals surface area contributed by atoms with E-state index in [1.54, 1.807) is 11.8 Å². The Labute approximate surface area is 89.9 Å². The van der Waals surface area contributed by atoms with Crippen LogP contribution in [0.5, 0.6) is 0 Å². The van der Waals surface area contributed by atoms with Gasteiger partial charge in [0, 0.05) is 15.2 Å². The average molecular weight is 208 g/mol. The first-order valence-electron chi connectivity index (χ1n) is 4.68. The minimum atomic E-state index is 0.144. The summed E-state index contributed by atoms with van der Waals surface area (Å²) >= 11 is 1.73. The summed E-state index contributed by atoms with van der Waals surface area (Å²) in [5.41, 5.74) is 1.88. The van der Waals surface area contributed by atoms with Gasteiger partial charge in [0.1, 0.15) is 0 Å². The van der Waals surface area contributed by atoms with E-state index >= 15 is 0 Å². The van der Waals surface area contributed by atoms with Crippen molar-refractivity contribution >= 4 is 18.0 Å². The van der Waals surface area contributed by atoms with E-state index < -0.39 is 0 Å². The van der Waals surface area contributed by atoms with Gasteiger partial charge >= 0.3 is 0 Å². The van der Waals surface area contributed by atoms with Crippen molar-refractivity contribution in [1.82, 2.24) is 0 Å². The second kappa shape index (κ2) is 4.18. The second-order valence-corrected chi connectivity index (χ2v) is 6.19. The molecule has 76 valence electrons. The Hall–Kier alpha value is -0.760. The van der Waals surface area contributed by atoms with Crippen molar-refractivity contribution in [3.63, 3.8) is 0 Å². The summed E-state index contributed by atoms with van der Waals surface area (Å²) in [7, 11) is 0. The van der Waals surface area contributed by atoms with E-state index in [1.807, 2.05) is 25.1 Å². The Balaban J connectivity index is 3.08. The lowest BCUT2D eigenvalue weighted by molar-refractivity contribution is 0.112. The van der Waals surface area contributed by atoms with E-state index in [-0.39, 0.29) is 4.75 Å². The molecule has 1 aromatic carbocycles. The van der Waals surface area contributed by atoms with Crippen LogP contribution in [0.3, 0.4) is 0 Å². The highest BCUT2D eigenvalue weighted by Crippen LogP contribution is 2.34. The molecule has 0 unspecified atom stereocenters. The number of aldehydes is 1. The summed E-state index contributed by atoms with van der Waals surface area (Å²) in [5, 5.41) is 0. The molecule has 0 radical (unpaired) electrons. The van der Waals surface area contributed by atoms with Gasteiger partial charge in [0.25, 0.3) is 0 Å². The maximum absolute atomic E-state index is 10.9. The third kappa shape index (κ3) is 2.88. The Morgan fingerprint density at radius 1 is 1.29 bits per heavy atom. The van der Waals surface area contributed by atoms with Crippen LogP contribution >= 0.6 is 11.8 Å². The standard InChI is InChI=1S/C12H16OS/c1-9-6-5-7-11(10(9)8-13)14-12(2,3)4/h5-8H,1-4H3. The Morgan fingerprint density at radius 2 is 1.93 bits per heavy atom. The second-order valence-electron chi connectivity index (χ2n) is 4.32. The highest BCUT2D eigenvalue weighted by molar-refractivity contribution is 8.00. The van der Waals surface area contributed by atoms with Crippen molar-refractivity contribution in [2.45, 2.75) is 37.3 Å².